The molecule has 1 aromatic carbocycles. The topological polar surface area (TPSA) is 166 Å². The first-order valence-electron chi connectivity index (χ1n) is 9.50. The molecule has 4 aromatic heterocycles. The number of anilines is 1. The minimum atomic E-state index is -0.831. The summed E-state index contributed by atoms with van der Waals surface area (Å²) < 4.78 is 8.24. The number of aromatic nitrogens is 7. The molecule has 4 heterocycles. The number of ether oxygens (including phenoxy) is 1. The summed E-state index contributed by atoms with van der Waals surface area (Å²) in [5.41, 5.74) is 5.27. The Morgan fingerprint density at radius 2 is 1.76 bits per heavy atom. The zero-order chi connectivity index (χ0) is 24.0. The van der Waals surface area contributed by atoms with Crippen LogP contribution in [0.1, 0.15) is 0 Å². The van der Waals surface area contributed by atoms with Gasteiger partial charge in [0.05, 0.1) is 26.8 Å². The molecule has 0 fully saturated rings. The van der Waals surface area contributed by atoms with E-state index in [1.165, 1.54) is 18.2 Å². The molecule has 0 amide bonds. The van der Waals surface area contributed by atoms with Crippen molar-refractivity contribution in [1.29, 1.82) is 0 Å². The van der Waals surface area contributed by atoms with Crippen molar-refractivity contribution in [2.24, 2.45) is 0 Å². The summed E-state index contributed by atoms with van der Waals surface area (Å²) in [4.78, 5) is 38.0. The van der Waals surface area contributed by atoms with Gasteiger partial charge >= 0.3 is 5.69 Å². The Hall–Kier alpha value is -4.42. The second-order valence-corrected chi connectivity index (χ2v) is 7.78. The van der Waals surface area contributed by atoms with Crippen LogP contribution in [0.3, 0.4) is 0 Å². The number of nitrogens with two attached hydrogens (primary N) is 1. The van der Waals surface area contributed by atoms with Gasteiger partial charge in [-0.05, 0) is 35.9 Å². The lowest BCUT2D eigenvalue weighted by atomic mass is 10.1. The maximum atomic E-state index is 12.4. The number of pyridine rings is 1. The number of fused-ring (bicyclic) bond motifs is 1. The van der Waals surface area contributed by atoms with Gasteiger partial charge in [-0.1, -0.05) is 23.2 Å². The van der Waals surface area contributed by atoms with Crippen molar-refractivity contribution in [1.82, 2.24) is 34.6 Å². The smallest absolute Gasteiger partial charge is 0.349 e. The van der Waals surface area contributed by atoms with E-state index in [9.17, 15) is 14.4 Å². The van der Waals surface area contributed by atoms with Crippen molar-refractivity contribution in [3.05, 3.63) is 90.0 Å². The van der Waals surface area contributed by atoms with Crippen molar-refractivity contribution < 1.29 is 4.74 Å². The SMILES string of the molecule is Nc1nn(-c2cc(Cl)c(Oc3cc(-c4ccn5nccc5c4)c(=O)[nH]n3)c(Cl)c2)c(=O)[nH]c1=O. The third kappa shape index (κ3) is 3.80. The van der Waals surface area contributed by atoms with E-state index < -0.39 is 22.6 Å². The summed E-state index contributed by atoms with van der Waals surface area (Å²) in [6.45, 7) is 0. The highest BCUT2D eigenvalue weighted by atomic mass is 35.5. The molecule has 0 radical (unpaired) electrons. The highest BCUT2D eigenvalue weighted by Crippen LogP contribution is 2.37. The van der Waals surface area contributed by atoms with E-state index in [4.69, 9.17) is 33.7 Å². The summed E-state index contributed by atoms with van der Waals surface area (Å²) in [5.74, 6) is -0.372. The Kier molecular flexibility index (Phi) is 5.15. The first kappa shape index (κ1) is 21.4. The molecule has 0 saturated heterocycles. The van der Waals surface area contributed by atoms with Gasteiger partial charge < -0.3 is 10.5 Å². The number of aromatic amines is 2. The second-order valence-electron chi connectivity index (χ2n) is 6.96. The van der Waals surface area contributed by atoms with Crippen LogP contribution in [0.15, 0.2) is 63.2 Å². The summed E-state index contributed by atoms with van der Waals surface area (Å²) in [5, 5.41) is 14.2. The van der Waals surface area contributed by atoms with Crippen LogP contribution in [0, 0.1) is 0 Å². The number of hydrogen-bond acceptors (Lipinski definition) is 8. The number of hydrogen-bond donors (Lipinski definition) is 3. The standard InChI is InChI=1S/C20H12Cl2N8O4/c21-13-6-11(30-20(33)25-19(32)17(23)28-30)7-14(22)16(13)34-15-8-12(18(31)27-26-15)9-2-4-29-10(5-9)1-3-24-29/h1-8H,(H2,23,28)(H,27,31)(H,25,32,33). The van der Waals surface area contributed by atoms with Gasteiger partial charge in [-0.2, -0.15) is 9.78 Å². The molecule has 0 spiro atoms. The number of halogens is 2. The van der Waals surface area contributed by atoms with Gasteiger partial charge in [-0.15, -0.1) is 10.2 Å². The zero-order valence-corrected chi connectivity index (χ0v) is 18.3. The largest absolute Gasteiger partial charge is 0.434 e. The fourth-order valence-electron chi connectivity index (χ4n) is 3.20. The Bertz CT molecular complexity index is 1730. The highest BCUT2D eigenvalue weighted by molar-refractivity contribution is 6.37. The average molecular weight is 499 g/mol. The van der Waals surface area contributed by atoms with Crippen LogP contribution in [0.5, 0.6) is 11.6 Å². The average Bonchev–Trinajstić information content (AvgIpc) is 3.27. The zero-order valence-electron chi connectivity index (χ0n) is 16.8. The van der Waals surface area contributed by atoms with Gasteiger partial charge in [0.2, 0.25) is 11.7 Å². The fraction of sp³-hybridized carbons (Fsp3) is 0. The molecule has 0 unspecified atom stereocenters. The summed E-state index contributed by atoms with van der Waals surface area (Å²) >= 11 is 12.7. The van der Waals surface area contributed by atoms with Crippen LogP contribution in [-0.4, -0.2) is 34.6 Å². The molecule has 0 aliphatic carbocycles. The van der Waals surface area contributed by atoms with Crippen molar-refractivity contribution in [2.75, 3.05) is 5.73 Å². The van der Waals surface area contributed by atoms with Gasteiger partial charge in [-0.3, -0.25) is 14.6 Å². The predicted molar refractivity (Wildman–Crippen MR) is 124 cm³/mol. The highest BCUT2D eigenvalue weighted by Gasteiger charge is 2.16. The number of nitrogens with zero attached hydrogens (tertiary/aromatic N) is 5. The second kappa shape index (κ2) is 8.17. The van der Waals surface area contributed by atoms with Crippen LogP contribution in [-0.2, 0) is 0 Å². The Morgan fingerprint density at radius 3 is 2.53 bits per heavy atom. The lowest BCUT2D eigenvalue weighted by Crippen LogP contribution is -2.33. The first-order chi connectivity index (χ1) is 16.3. The van der Waals surface area contributed by atoms with Crippen LogP contribution in [0.2, 0.25) is 10.0 Å². The van der Waals surface area contributed by atoms with E-state index in [-0.39, 0.29) is 27.4 Å². The van der Waals surface area contributed by atoms with Crippen molar-refractivity contribution in [3.8, 4) is 28.4 Å². The normalized spacial score (nSPS) is 11.1. The van der Waals surface area contributed by atoms with Crippen molar-refractivity contribution in [2.45, 2.75) is 0 Å². The van der Waals surface area contributed by atoms with E-state index in [0.29, 0.717) is 11.1 Å². The minimum Gasteiger partial charge on any atom is -0.434 e. The molecule has 5 aromatic rings. The first-order valence-corrected chi connectivity index (χ1v) is 10.3. The quantitative estimate of drug-likeness (QED) is 0.338. The fourth-order valence-corrected chi connectivity index (χ4v) is 3.75. The van der Waals surface area contributed by atoms with Gasteiger partial charge in [0.1, 0.15) is 0 Å². The minimum absolute atomic E-state index is 0.0104. The van der Waals surface area contributed by atoms with E-state index >= 15 is 0 Å². The molecule has 0 saturated carbocycles. The number of nitrogens with one attached hydrogen (secondary N) is 2. The van der Waals surface area contributed by atoms with Gasteiger partial charge in [0.15, 0.2) is 5.75 Å². The number of H-pyrrole nitrogens is 2. The van der Waals surface area contributed by atoms with Gasteiger partial charge in [0.25, 0.3) is 11.1 Å². The lowest BCUT2D eigenvalue weighted by molar-refractivity contribution is 0.455. The molecule has 0 aliphatic rings. The summed E-state index contributed by atoms with van der Waals surface area (Å²) in [7, 11) is 0. The van der Waals surface area contributed by atoms with Crippen LogP contribution in [0.25, 0.3) is 22.3 Å². The molecule has 34 heavy (non-hydrogen) atoms. The van der Waals surface area contributed by atoms with E-state index in [1.54, 1.807) is 35.1 Å². The number of nitrogen functional groups attached to an aromatic ring is 1. The molecule has 12 nitrogen and oxygen atoms in total. The lowest BCUT2D eigenvalue weighted by Gasteiger charge is -2.12. The summed E-state index contributed by atoms with van der Waals surface area (Å²) in [6, 6.07) is 9.44. The molecule has 0 atom stereocenters. The van der Waals surface area contributed by atoms with Crippen molar-refractivity contribution >= 4 is 34.5 Å². The molecular formula is C20H12Cl2N8O4. The van der Waals surface area contributed by atoms with Crippen molar-refractivity contribution in [3.63, 3.8) is 0 Å². The van der Waals surface area contributed by atoms with E-state index in [2.05, 4.69) is 20.4 Å². The Morgan fingerprint density at radius 1 is 1.00 bits per heavy atom. The molecule has 5 rings (SSSR count). The van der Waals surface area contributed by atoms with Gasteiger partial charge in [-0.25, -0.2) is 14.4 Å². The molecule has 4 N–H and O–H groups in total. The molecular weight excluding hydrogens is 487 g/mol. The maximum Gasteiger partial charge on any atom is 0.349 e. The molecule has 0 aliphatic heterocycles. The molecule has 0 bridgehead atoms. The third-order valence-corrected chi connectivity index (χ3v) is 5.34. The molecule has 170 valence electrons. The predicted octanol–water partition coefficient (Wildman–Crippen LogP) is 2.00. The van der Waals surface area contributed by atoms with Gasteiger partial charge in [0, 0.05) is 18.5 Å². The Balaban J connectivity index is 1.52. The third-order valence-electron chi connectivity index (χ3n) is 4.78. The van der Waals surface area contributed by atoms with Crippen LogP contribution in [0.4, 0.5) is 5.82 Å². The monoisotopic (exact) mass is 498 g/mol. The van der Waals surface area contributed by atoms with Crippen LogP contribution >= 0.6 is 23.2 Å². The van der Waals surface area contributed by atoms with E-state index in [0.717, 1.165) is 10.2 Å². The number of benzene rings is 1. The van der Waals surface area contributed by atoms with E-state index in [1.807, 2.05) is 4.98 Å². The molecule has 14 heteroatoms. The number of rotatable bonds is 4. The van der Waals surface area contributed by atoms with Crippen LogP contribution < -0.4 is 27.3 Å². The summed E-state index contributed by atoms with van der Waals surface area (Å²) in [6.07, 6.45) is 3.36. The maximum absolute atomic E-state index is 12.4. The Labute approximate surface area is 198 Å².